The molecule has 2 aromatic carbocycles. The number of carboxylic acid groups (broad SMARTS) is 1. The topological polar surface area (TPSA) is 79.3 Å². The van der Waals surface area contributed by atoms with E-state index in [1.165, 1.54) is 18.2 Å². The number of fused-ring (bicyclic) bond motifs is 1. The van der Waals surface area contributed by atoms with Gasteiger partial charge in [0.1, 0.15) is 5.82 Å². The van der Waals surface area contributed by atoms with Crippen LogP contribution < -0.4 is 5.32 Å². The number of alkyl halides is 3. The van der Waals surface area contributed by atoms with Crippen molar-refractivity contribution >= 4 is 38.6 Å². The number of nitrogens with one attached hydrogen (secondary N) is 1. The molecule has 0 spiro atoms. The average molecular weight is 384 g/mol. The summed E-state index contributed by atoms with van der Waals surface area (Å²) in [5, 5.41) is 11.4. The Kier molecular flexibility index (Phi) is 4.36. The molecule has 0 aliphatic carbocycles. The third-order valence-electron chi connectivity index (χ3n) is 3.39. The van der Waals surface area contributed by atoms with Crippen molar-refractivity contribution in [3.63, 3.8) is 0 Å². The number of aromatic nitrogens is 1. The highest BCUT2D eigenvalue weighted by Gasteiger charge is 2.34. The first kappa shape index (κ1) is 17.8. The summed E-state index contributed by atoms with van der Waals surface area (Å²) in [6, 6.07) is 6.03. The Balaban J connectivity index is 1.85. The SMILES string of the molecule is O=C(O)c1ccc2nc(NC(=O)c3ccc(C(F)(F)F)c(F)c3)sc2c1. The van der Waals surface area contributed by atoms with Gasteiger partial charge >= 0.3 is 12.1 Å². The number of aromatic carboxylic acids is 1. The van der Waals surface area contributed by atoms with Gasteiger partial charge in [-0.05, 0) is 36.4 Å². The lowest BCUT2D eigenvalue weighted by molar-refractivity contribution is -0.140. The van der Waals surface area contributed by atoms with E-state index in [0.29, 0.717) is 22.3 Å². The molecule has 5 nitrogen and oxygen atoms in total. The normalized spacial score (nSPS) is 11.5. The fourth-order valence-electron chi connectivity index (χ4n) is 2.17. The van der Waals surface area contributed by atoms with Gasteiger partial charge in [-0.1, -0.05) is 11.3 Å². The van der Waals surface area contributed by atoms with Gasteiger partial charge in [-0.25, -0.2) is 14.2 Å². The molecule has 2 N–H and O–H groups in total. The Labute approximate surface area is 146 Å². The average Bonchev–Trinajstić information content (AvgIpc) is 2.94. The summed E-state index contributed by atoms with van der Waals surface area (Å²) in [6.45, 7) is 0. The number of amides is 1. The monoisotopic (exact) mass is 384 g/mol. The van der Waals surface area contributed by atoms with Gasteiger partial charge in [-0.15, -0.1) is 0 Å². The number of nitrogens with zero attached hydrogens (tertiary/aromatic N) is 1. The molecular weight excluding hydrogens is 376 g/mol. The number of carboxylic acids is 1. The number of thiazole rings is 1. The molecule has 0 saturated carbocycles. The van der Waals surface area contributed by atoms with Crippen LogP contribution in [0.4, 0.5) is 22.7 Å². The fraction of sp³-hybridized carbons (Fsp3) is 0.0625. The van der Waals surface area contributed by atoms with E-state index in [9.17, 15) is 27.2 Å². The number of hydrogen-bond donors (Lipinski definition) is 2. The van der Waals surface area contributed by atoms with Gasteiger partial charge in [-0.3, -0.25) is 10.1 Å². The number of carbonyl (C=O) groups excluding carboxylic acids is 1. The zero-order valence-corrected chi connectivity index (χ0v) is 13.4. The lowest BCUT2D eigenvalue weighted by Gasteiger charge is -2.09. The second-order valence-corrected chi connectivity index (χ2v) is 6.18. The maximum Gasteiger partial charge on any atom is 0.419 e. The highest BCUT2D eigenvalue weighted by molar-refractivity contribution is 7.22. The predicted octanol–water partition coefficient (Wildman–Crippen LogP) is 4.40. The van der Waals surface area contributed by atoms with Gasteiger partial charge in [0.25, 0.3) is 5.91 Å². The van der Waals surface area contributed by atoms with Crippen LogP contribution in [0, 0.1) is 5.82 Å². The molecule has 1 heterocycles. The van der Waals surface area contributed by atoms with Crippen LogP contribution in [-0.4, -0.2) is 22.0 Å². The van der Waals surface area contributed by atoms with Crippen LogP contribution >= 0.6 is 11.3 Å². The van der Waals surface area contributed by atoms with Crippen molar-refractivity contribution in [2.45, 2.75) is 6.18 Å². The molecule has 3 rings (SSSR count). The van der Waals surface area contributed by atoms with Crippen molar-refractivity contribution in [3.8, 4) is 0 Å². The summed E-state index contributed by atoms with van der Waals surface area (Å²) in [5.41, 5.74) is -1.28. The molecule has 0 unspecified atom stereocenters. The van der Waals surface area contributed by atoms with Crippen molar-refractivity contribution in [3.05, 3.63) is 58.9 Å². The largest absolute Gasteiger partial charge is 0.478 e. The minimum atomic E-state index is -4.85. The maximum atomic E-state index is 13.6. The number of rotatable bonds is 3. The van der Waals surface area contributed by atoms with E-state index in [0.717, 1.165) is 17.4 Å². The summed E-state index contributed by atoms with van der Waals surface area (Å²) in [6.07, 6.45) is -4.85. The molecule has 0 aliphatic heterocycles. The highest BCUT2D eigenvalue weighted by Crippen LogP contribution is 2.32. The van der Waals surface area contributed by atoms with E-state index in [2.05, 4.69) is 10.3 Å². The fourth-order valence-corrected chi connectivity index (χ4v) is 3.07. The third-order valence-corrected chi connectivity index (χ3v) is 4.33. The van der Waals surface area contributed by atoms with Crippen molar-refractivity contribution < 1.29 is 32.3 Å². The minimum absolute atomic E-state index is 0.0452. The Morgan fingerprint density at radius 3 is 2.38 bits per heavy atom. The first-order valence-electron chi connectivity index (χ1n) is 6.97. The van der Waals surface area contributed by atoms with Crippen LogP contribution in [0.5, 0.6) is 0 Å². The second kappa shape index (κ2) is 6.37. The standard InChI is InChI=1S/C16H8F4N2O3S/c17-10-5-7(1-3-9(10)16(18,19)20)13(23)22-15-21-11-4-2-8(14(24)25)6-12(11)26-15/h1-6H,(H,24,25)(H,21,22,23). The van der Waals surface area contributed by atoms with Gasteiger partial charge in [0, 0.05) is 5.56 Å². The lowest BCUT2D eigenvalue weighted by atomic mass is 10.1. The van der Waals surface area contributed by atoms with Crippen LogP contribution in [0.3, 0.4) is 0 Å². The quantitative estimate of drug-likeness (QED) is 0.656. The first-order valence-corrected chi connectivity index (χ1v) is 7.79. The molecule has 10 heteroatoms. The molecule has 0 fully saturated rings. The van der Waals surface area contributed by atoms with E-state index in [4.69, 9.17) is 5.11 Å². The summed E-state index contributed by atoms with van der Waals surface area (Å²) in [5.74, 6) is -3.51. The number of anilines is 1. The second-order valence-electron chi connectivity index (χ2n) is 5.15. The highest BCUT2D eigenvalue weighted by atomic mass is 32.1. The van der Waals surface area contributed by atoms with Gasteiger partial charge in [0.05, 0.1) is 21.3 Å². The molecule has 26 heavy (non-hydrogen) atoms. The number of benzene rings is 2. The van der Waals surface area contributed by atoms with Crippen LogP contribution in [0.25, 0.3) is 10.2 Å². The number of hydrogen-bond acceptors (Lipinski definition) is 4. The van der Waals surface area contributed by atoms with E-state index in [-0.39, 0.29) is 16.3 Å². The molecule has 0 saturated heterocycles. The van der Waals surface area contributed by atoms with Crippen molar-refractivity contribution in [1.29, 1.82) is 0 Å². The summed E-state index contributed by atoms with van der Waals surface area (Å²) in [4.78, 5) is 27.1. The smallest absolute Gasteiger partial charge is 0.419 e. The zero-order chi connectivity index (χ0) is 19.1. The predicted molar refractivity (Wildman–Crippen MR) is 85.9 cm³/mol. The molecule has 0 atom stereocenters. The van der Waals surface area contributed by atoms with E-state index >= 15 is 0 Å². The maximum absolute atomic E-state index is 13.6. The van der Waals surface area contributed by atoms with Crippen LogP contribution in [0.2, 0.25) is 0 Å². The lowest BCUT2D eigenvalue weighted by Crippen LogP contribution is -2.14. The zero-order valence-electron chi connectivity index (χ0n) is 12.6. The molecule has 3 aromatic rings. The first-order chi connectivity index (χ1) is 12.1. The molecule has 1 amide bonds. The van der Waals surface area contributed by atoms with E-state index in [1.807, 2.05) is 0 Å². The van der Waals surface area contributed by atoms with Crippen LogP contribution in [0.1, 0.15) is 26.3 Å². The summed E-state index contributed by atoms with van der Waals surface area (Å²) < 4.78 is 51.7. The molecular formula is C16H8F4N2O3S. The Hall–Kier alpha value is -3.01. The van der Waals surface area contributed by atoms with Crippen molar-refractivity contribution in [1.82, 2.24) is 4.98 Å². The Morgan fingerprint density at radius 1 is 1.08 bits per heavy atom. The van der Waals surface area contributed by atoms with Gasteiger partial charge in [0.15, 0.2) is 5.13 Å². The number of halogens is 4. The molecule has 0 aliphatic rings. The van der Waals surface area contributed by atoms with Crippen LogP contribution in [0.15, 0.2) is 36.4 Å². The Morgan fingerprint density at radius 2 is 1.77 bits per heavy atom. The van der Waals surface area contributed by atoms with E-state index in [1.54, 1.807) is 0 Å². The summed E-state index contributed by atoms with van der Waals surface area (Å²) in [7, 11) is 0. The molecule has 134 valence electrons. The van der Waals surface area contributed by atoms with Gasteiger partial charge in [0.2, 0.25) is 0 Å². The van der Waals surface area contributed by atoms with E-state index < -0.39 is 29.4 Å². The summed E-state index contributed by atoms with van der Waals surface area (Å²) >= 11 is 0.983. The number of carbonyl (C=O) groups is 2. The van der Waals surface area contributed by atoms with Crippen molar-refractivity contribution in [2.75, 3.05) is 5.32 Å². The van der Waals surface area contributed by atoms with Gasteiger partial charge in [-0.2, -0.15) is 13.2 Å². The third kappa shape index (κ3) is 3.49. The molecule has 1 aromatic heterocycles. The van der Waals surface area contributed by atoms with Crippen LogP contribution in [-0.2, 0) is 6.18 Å². The van der Waals surface area contributed by atoms with Gasteiger partial charge < -0.3 is 5.11 Å². The molecule has 0 bridgehead atoms. The minimum Gasteiger partial charge on any atom is -0.478 e. The Bertz CT molecular complexity index is 1030. The van der Waals surface area contributed by atoms with Crippen molar-refractivity contribution in [2.24, 2.45) is 0 Å². The molecule has 0 radical (unpaired) electrons.